The monoisotopic (exact) mass is 424 g/mol. The van der Waals surface area contributed by atoms with Crippen LogP contribution < -0.4 is 9.47 Å². The summed E-state index contributed by atoms with van der Waals surface area (Å²) in [5, 5.41) is 0. The molecule has 0 amide bonds. The number of rotatable bonds is 16. The third kappa shape index (κ3) is 10.2. The number of hydrogen-bond acceptors (Lipinski definition) is 4. The van der Waals surface area contributed by atoms with Gasteiger partial charge in [-0.3, -0.25) is 0 Å². The summed E-state index contributed by atoms with van der Waals surface area (Å²) in [5.74, 6) is 1.44. The molecule has 0 spiro atoms. The van der Waals surface area contributed by atoms with Gasteiger partial charge in [-0.2, -0.15) is 0 Å². The molecule has 0 aliphatic heterocycles. The van der Waals surface area contributed by atoms with Gasteiger partial charge in [-0.1, -0.05) is 63.3 Å². The SMILES string of the molecule is C=Cc1ccc(OCCCCCCCCCCOc2ccc(C(=O)OCC)cc2)cc1. The number of benzene rings is 2. The Morgan fingerprint density at radius 1 is 0.742 bits per heavy atom. The first-order valence-corrected chi connectivity index (χ1v) is 11.5. The molecule has 31 heavy (non-hydrogen) atoms. The highest BCUT2D eigenvalue weighted by Gasteiger charge is 2.05. The molecule has 0 heterocycles. The second-order valence-electron chi connectivity index (χ2n) is 7.54. The van der Waals surface area contributed by atoms with E-state index in [0.717, 1.165) is 36.5 Å². The van der Waals surface area contributed by atoms with Crippen molar-refractivity contribution in [2.45, 2.75) is 58.3 Å². The highest BCUT2D eigenvalue weighted by Crippen LogP contribution is 2.15. The molecule has 0 bridgehead atoms. The van der Waals surface area contributed by atoms with Crippen LogP contribution in [0.3, 0.4) is 0 Å². The van der Waals surface area contributed by atoms with Crippen LogP contribution in [0.1, 0.15) is 74.2 Å². The first-order valence-electron chi connectivity index (χ1n) is 11.5. The fourth-order valence-corrected chi connectivity index (χ4v) is 3.25. The maximum atomic E-state index is 11.6. The second-order valence-corrected chi connectivity index (χ2v) is 7.54. The lowest BCUT2D eigenvalue weighted by Gasteiger charge is -2.08. The van der Waals surface area contributed by atoms with E-state index in [2.05, 4.69) is 6.58 Å². The lowest BCUT2D eigenvalue weighted by atomic mass is 10.1. The molecular weight excluding hydrogens is 388 g/mol. The van der Waals surface area contributed by atoms with E-state index in [-0.39, 0.29) is 5.97 Å². The van der Waals surface area contributed by atoms with Crippen molar-refractivity contribution in [2.75, 3.05) is 19.8 Å². The van der Waals surface area contributed by atoms with E-state index in [0.29, 0.717) is 18.8 Å². The summed E-state index contributed by atoms with van der Waals surface area (Å²) in [5.41, 5.74) is 1.67. The molecule has 168 valence electrons. The van der Waals surface area contributed by atoms with Crippen molar-refractivity contribution >= 4 is 12.0 Å². The summed E-state index contributed by atoms with van der Waals surface area (Å²) in [4.78, 5) is 11.6. The summed E-state index contributed by atoms with van der Waals surface area (Å²) in [6.45, 7) is 7.44. The fraction of sp³-hybridized carbons (Fsp3) is 0.444. The molecule has 0 saturated carbocycles. The normalized spacial score (nSPS) is 10.5. The van der Waals surface area contributed by atoms with Gasteiger partial charge in [0.15, 0.2) is 0 Å². The van der Waals surface area contributed by atoms with E-state index in [1.807, 2.05) is 42.5 Å². The number of carbonyl (C=O) groups is 1. The third-order valence-corrected chi connectivity index (χ3v) is 5.06. The minimum Gasteiger partial charge on any atom is -0.494 e. The van der Waals surface area contributed by atoms with Gasteiger partial charge in [-0.15, -0.1) is 0 Å². The van der Waals surface area contributed by atoms with Crippen molar-refractivity contribution in [3.05, 3.63) is 66.2 Å². The Morgan fingerprint density at radius 2 is 1.19 bits per heavy atom. The van der Waals surface area contributed by atoms with Crippen molar-refractivity contribution in [1.82, 2.24) is 0 Å². The van der Waals surface area contributed by atoms with Gasteiger partial charge in [-0.05, 0) is 61.7 Å². The van der Waals surface area contributed by atoms with E-state index in [1.54, 1.807) is 19.1 Å². The van der Waals surface area contributed by atoms with Gasteiger partial charge in [-0.25, -0.2) is 4.79 Å². The molecule has 0 aromatic heterocycles. The van der Waals surface area contributed by atoms with Gasteiger partial charge in [0.05, 0.1) is 25.4 Å². The molecule has 0 atom stereocenters. The molecule has 4 nitrogen and oxygen atoms in total. The van der Waals surface area contributed by atoms with E-state index < -0.39 is 0 Å². The minimum absolute atomic E-state index is 0.292. The first kappa shape index (κ1) is 24.5. The molecule has 2 aromatic rings. The molecule has 4 heteroatoms. The predicted octanol–water partition coefficient (Wildman–Crippen LogP) is 7.08. The zero-order valence-corrected chi connectivity index (χ0v) is 18.8. The molecule has 0 aliphatic rings. The molecule has 2 aromatic carbocycles. The van der Waals surface area contributed by atoms with Crippen LogP contribution in [0, 0.1) is 0 Å². The maximum Gasteiger partial charge on any atom is 0.338 e. The largest absolute Gasteiger partial charge is 0.494 e. The average Bonchev–Trinajstić information content (AvgIpc) is 2.80. The van der Waals surface area contributed by atoms with Crippen LogP contribution in [-0.4, -0.2) is 25.8 Å². The Morgan fingerprint density at radius 3 is 1.65 bits per heavy atom. The standard InChI is InChI=1S/C27H36O4/c1-3-23-13-17-25(18-14-23)30-21-11-9-7-5-6-8-10-12-22-31-26-19-15-24(16-20-26)27(28)29-4-2/h3,13-20H,1,4-12,21-22H2,2H3. The summed E-state index contributed by atoms with van der Waals surface area (Å²) in [6, 6.07) is 15.2. The highest BCUT2D eigenvalue weighted by atomic mass is 16.5. The van der Waals surface area contributed by atoms with Gasteiger partial charge in [0.25, 0.3) is 0 Å². The minimum atomic E-state index is -0.292. The van der Waals surface area contributed by atoms with Crippen LogP contribution in [0.25, 0.3) is 6.08 Å². The summed E-state index contributed by atoms with van der Waals surface area (Å²) < 4.78 is 16.5. The lowest BCUT2D eigenvalue weighted by Crippen LogP contribution is -2.04. The van der Waals surface area contributed by atoms with Crippen LogP contribution in [0.4, 0.5) is 0 Å². The molecule has 0 aliphatic carbocycles. The first-order chi connectivity index (χ1) is 15.2. The Bertz CT molecular complexity index is 750. The Labute approximate surface area is 187 Å². The third-order valence-electron chi connectivity index (χ3n) is 5.06. The van der Waals surface area contributed by atoms with Crippen molar-refractivity contribution in [1.29, 1.82) is 0 Å². The molecular formula is C27H36O4. The Balaban J connectivity index is 1.40. The molecule has 0 saturated heterocycles. The van der Waals surface area contributed by atoms with Crippen molar-refractivity contribution in [3.8, 4) is 11.5 Å². The average molecular weight is 425 g/mol. The molecule has 0 N–H and O–H groups in total. The second kappa shape index (κ2) is 15.1. The van der Waals surface area contributed by atoms with Gasteiger partial charge in [0, 0.05) is 0 Å². The van der Waals surface area contributed by atoms with Gasteiger partial charge in [0.2, 0.25) is 0 Å². The Kier molecular flexibility index (Phi) is 12.0. The summed E-state index contributed by atoms with van der Waals surface area (Å²) >= 11 is 0. The van der Waals surface area contributed by atoms with Gasteiger partial charge >= 0.3 is 5.97 Å². The summed E-state index contributed by atoms with van der Waals surface area (Å²) in [7, 11) is 0. The topological polar surface area (TPSA) is 44.8 Å². The maximum absolute atomic E-state index is 11.6. The van der Waals surface area contributed by atoms with E-state index in [4.69, 9.17) is 14.2 Å². The van der Waals surface area contributed by atoms with Crippen molar-refractivity contribution in [2.24, 2.45) is 0 Å². The van der Waals surface area contributed by atoms with E-state index >= 15 is 0 Å². The smallest absolute Gasteiger partial charge is 0.338 e. The molecule has 0 radical (unpaired) electrons. The van der Waals surface area contributed by atoms with Gasteiger partial charge in [0.1, 0.15) is 11.5 Å². The zero-order valence-electron chi connectivity index (χ0n) is 18.8. The van der Waals surface area contributed by atoms with E-state index in [1.165, 1.54) is 38.5 Å². The van der Waals surface area contributed by atoms with Crippen molar-refractivity contribution < 1.29 is 19.0 Å². The van der Waals surface area contributed by atoms with Crippen LogP contribution in [0.2, 0.25) is 0 Å². The summed E-state index contributed by atoms with van der Waals surface area (Å²) in [6.07, 6.45) is 11.5. The van der Waals surface area contributed by atoms with Crippen LogP contribution >= 0.6 is 0 Å². The lowest BCUT2D eigenvalue weighted by molar-refractivity contribution is 0.0526. The number of hydrogen-bond donors (Lipinski definition) is 0. The van der Waals surface area contributed by atoms with Gasteiger partial charge < -0.3 is 14.2 Å². The number of carbonyl (C=O) groups excluding carboxylic acids is 1. The van der Waals surface area contributed by atoms with E-state index in [9.17, 15) is 4.79 Å². The highest BCUT2D eigenvalue weighted by molar-refractivity contribution is 5.89. The van der Waals surface area contributed by atoms with Crippen LogP contribution in [0.15, 0.2) is 55.1 Å². The number of unbranched alkanes of at least 4 members (excludes halogenated alkanes) is 7. The predicted molar refractivity (Wildman–Crippen MR) is 127 cm³/mol. The van der Waals surface area contributed by atoms with Crippen LogP contribution in [-0.2, 0) is 4.74 Å². The Hall–Kier alpha value is -2.75. The molecule has 0 unspecified atom stereocenters. The number of esters is 1. The molecule has 2 rings (SSSR count). The van der Waals surface area contributed by atoms with Crippen molar-refractivity contribution in [3.63, 3.8) is 0 Å². The van der Waals surface area contributed by atoms with Crippen LogP contribution in [0.5, 0.6) is 11.5 Å². The molecule has 0 fully saturated rings. The zero-order chi connectivity index (χ0) is 22.2. The quantitative estimate of drug-likeness (QED) is 0.213. The number of ether oxygens (including phenoxy) is 3. The fourth-order valence-electron chi connectivity index (χ4n) is 3.25.